The minimum absolute atomic E-state index is 0.0501. The normalized spacial score (nSPS) is 10.7. The smallest absolute Gasteiger partial charge is 0.280 e. The number of rotatable bonds is 6. The maximum absolute atomic E-state index is 12.4. The molecule has 2 aromatic rings. The number of ether oxygens (including phenoxy) is 2. The fourth-order valence-electron chi connectivity index (χ4n) is 2.36. The standard InChI is InChI=1S/C19H17N3O5/c1-12-6-4-5-7-15(12)21-19(23)14(11-20)8-13-9-17(26-2)18(27-3)10-16(13)22(24)25/h4-10H,1-3H3,(H,21,23)/b14-8+. The minimum atomic E-state index is -0.670. The molecule has 0 unspecified atom stereocenters. The van der Waals surface area contributed by atoms with Gasteiger partial charge in [0.2, 0.25) is 0 Å². The van der Waals surface area contributed by atoms with Crippen LogP contribution in [-0.4, -0.2) is 25.1 Å². The molecule has 2 rings (SSSR count). The summed E-state index contributed by atoms with van der Waals surface area (Å²) in [6.45, 7) is 1.81. The van der Waals surface area contributed by atoms with Crippen molar-refractivity contribution < 1.29 is 19.2 Å². The lowest BCUT2D eigenvalue weighted by atomic mass is 10.1. The molecule has 1 amide bonds. The van der Waals surface area contributed by atoms with Crippen molar-refractivity contribution in [1.29, 1.82) is 5.26 Å². The van der Waals surface area contributed by atoms with Crippen LogP contribution in [0.25, 0.3) is 6.08 Å². The van der Waals surface area contributed by atoms with Crippen LogP contribution in [-0.2, 0) is 4.79 Å². The number of para-hydroxylation sites is 1. The number of nitro groups is 1. The van der Waals surface area contributed by atoms with Crippen molar-refractivity contribution in [2.24, 2.45) is 0 Å². The number of benzene rings is 2. The second kappa shape index (κ2) is 8.49. The van der Waals surface area contributed by atoms with Gasteiger partial charge in [-0.15, -0.1) is 0 Å². The Labute approximate surface area is 155 Å². The highest BCUT2D eigenvalue weighted by Gasteiger charge is 2.20. The molecule has 1 N–H and O–H groups in total. The summed E-state index contributed by atoms with van der Waals surface area (Å²) in [7, 11) is 2.74. The predicted molar refractivity (Wildman–Crippen MR) is 99.6 cm³/mol. The van der Waals surface area contributed by atoms with E-state index in [1.165, 1.54) is 26.4 Å². The van der Waals surface area contributed by atoms with Crippen LogP contribution in [0.3, 0.4) is 0 Å². The predicted octanol–water partition coefficient (Wildman–Crippen LogP) is 3.47. The van der Waals surface area contributed by atoms with Crippen molar-refractivity contribution >= 4 is 23.4 Å². The SMILES string of the molecule is COc1cc(/C=C(\C#N)C(=O)Nc2ccccc2C)c([N+](=O)[O-])cc1OC. The number of carbonyl (C=O) groups is 1. The highest BCUT2D eigenvalue weighted by Crippen LogP contribution is 2.35. The number of aryl methyl sites for hydroxylation is 1. The number of nitrogens with zero attached hydrogens (tertiary/aromatic N) is 2. The first kappa shape index (κ1) is 19.5. The molecule has 8 heteroatoms. The van der Waals surface area contributed by atoms with Gasteiger partial charge in [0.05, 0.1) is 30.8 Å². The molecule has 0 spiro atoms. The van der Waals surface area contributed by atoms with E-state index in [4.69, 9.17) is 9.47 Å². The average molecular weight is 367 g/mol. The van der Waals surface area contributed by atoms with E-state index >= 15 is 0 Å². The summed E-state index contributed by atoms with van der Waals surface area (Å²) in [4.78, 5) is 23.2. The van der Waals surface area contributed by atoms with Crippen LogP contribution in [0.2, 0.25) is 0 Å². The second-order valence-electron chi connectivity index (χ2n) is 5.46. The largest absolute Gasteiger partial charge is 0.493 e. The van der Waals surface area contributed by atoms with Gasteiger partial charge < -0.3 is 14.8 Å². The second-order valence-corrected chi connectivity index (χ2v) is 5.46. The summed E-state index contributed by atoms with van der Waals surface area (Å²) >= 11 is 0. The maximum atomic E-state index is 12.4. The van der Waals surface area contributed by atoms with Gasteiger partial charge in [-0.05, 0) is 30.7 Å². The van der Waals surface area contributed by atoms with Crippen molar-refractivity contribution in [3.63, 3.8) is 0 Å². The molecular weight excluding hydrogens is 350 g/mol. The fourth-order valence-corrected chi connectivity index (χ4v) is 2.36. The lowest BCUT2D eigenvalue weighted by molar-refractivity contribution is -0.385. The molecule has 138 valence electrons. The average Bonchev–Trinajstić information content (AvgIpc) is 2.66. The van der Waals surface area contributed by atoms with Crippen LogP contribution in [0.1, 0.15) is 11.1 Å². The van der Waals surface area contributed by atoms with Gasteiger partial charge in [0.25, 0.3) is 11.6 Å². The van der Waals surface area contributed by atoms with Crippen molar-refractivity contribution in [2.45, 2.75) is 6.92 Å². The summed E-state index contributed by atoms with van der Waals surface area (Å²) in [5.41, 5.74) is 0.817. The van der Waals surface area contributed by atoms with Crippen molar-refractivity contribution in [3.05, 3.63) is 63.2 Å². The molecule has 0 aromatic heterocycles. The molecule has 2 aromatic carbocycles. The molecule has 0 saturated heterocycles. The Hall–Kier alpha value is -3.86. The van der Waals surface area contributed by atoms with Crippen LogP contribution >= 0.6 is 0 Å². The Kier molecular flexibility index (Phi) is 6.12. The Morgan fingerprint density at radius 3 is 2.41 bits per heavy atom. The van der Waals surface area contributed by atoms with Gasteiger partial charge in [0, 0.05) is 5.69 Å². The van der Waals surface area contributed by atoms with Gasteiger partial charge in [-0.1, -0.05) is 18.2 Å². The summed E-state index contributed by atoms with van der Waals surface area (Å²) < 4.78 is 10.2. The lowest BCUT2D eigenvalue weighted by Gasteiger charge is -2.10. The molecule has 27 heavy (non-hydrogen) atoms. The zero-order valence-electron chi connectivity index (χ0n) is 15.0. The van der Waals surface area contributed by atoms with Crippen LogP contribution in [0.4, 0.5) is 11.4 Å². The monoisotopic (exact) mass is 367 g/mol. The van der Waals surface area contributed by atoms with Gasteiger partial charge in [-0.3, -0.25) is 14.9 Å². The molecule has 8 nitrogen and oxygen atoms in total. The highest BCUT2D eigenvalue weighted by atomic mass is 16.6. The van der Waals surface area contributed by atoms with E-state index in [1.807, 2.05) is 19.1 Å². The van der Waals surface area contributed by atoms with E-state index < -0.39 is 10.8 Å². The Morgan fingerprint density at radius 1 is 1.22 bits per heavy atom. The van der Waals surface area contributed by atoms with Crippen molar-refractivity contribution in [3.8, 4) is 17.6 Å². The molecule has 0 atom stereocenters. The third-order valence-corrected chi connectivity index (χ3v) is 3.79. The van der Waals surface area contributed by atoms with Gasteiger partial charge >= 0.3 is 0 Å². The first-order valence-corrected chi connectivity index (χ1v) is 7.80. The van der Waals surface area contributed by atoms with E-state index in [0.717, 1.165) is 11.6 Å². The Bertz CT molecular complexity index is 960. The summed E-state index contributed by atoms with van der Waals surface area (Å²) in [6.07, 6.45) is 1.15. The molecule has 0 heterocycles. The third kappa shape index (κ3) is 4.41. The van der Waals surface area contributed by atoms with Gasteiger partial charge in [0.1, 0.15) is 11.6 Å². The molecule has 0 radical (unpaired) electrons. The quantitative estimate of drug-likeness (QED) is 0.362. The van der Waals surface area contributed by atoms with E-state index in [2.05, 4.69) is 5.32 Å². The highest BCUT2D eigenvalue weighted by molar-refractivity contribution is 6.10. The molecular formula is C19H17N3O5. The zero-order chi connectivity index (χ0) is 20.0. The van der Waals surface area contributed by atoms with E-state index in [-0.39, 0.29) is 28.3 Å². The van der Waals surface area contributed by atoms with Crippen LogP contribution < -0.4 is 14.8 Å². The number of anilines is 1. The van der Waals surface area contributed by atoms with Crippen LogP contribution in [0, 0.1) is 28.4 Å². The molecule has 0 aliphatic rings. The Balaban J connectivity index is 2.47. The maximum Gasteiger partial charge on any atom is 0.280 e. The van der Waals surface area contributed by atoms with Gasteiger partial charge in [0.15, 0.2) is 11.5 Å². The number of nitro benzene ring substituents is 1. The summed E-state index contributed by atoms with van der Waals surface area (Å²) in [6, 6.07) is 11.4. The zero-order valence-corrected chi connectivity index (χ0v) is 15.0. The number of amides is 1. The van der Waals surface area contributed by atoms with Gasteiger partial charge in [-0.25, -0.2) is 0 Å². The van der Waals surface area contributed by atoms with E-state index in [0.29, 0.717) is 5.69 Å². The number of hydrogen-bond donors (Lipinski definition) is 1. The van der Waals surface area contributed by atoms with E-state index in [9.17, 15) is 20.2 Å². The van der Waals surface area contributed by atoms with Crippen LogP contribution in [0.5, 0.6) is 11.5 Å². The number of nitriles is 1. The van der Waals surface area contributed by atoms with Crippen LogP contribution in [0.15, 0.2) is 42.0 Å². The number of carbonyl (C=O) groups excluding carboxylic acids is 1. The summed E-state index contributed by atoms with van der Waals surface area (Å²) in [5.74, 6) is -0.258. The summed E-state index contributed by atoms with van der Waals surface area (Å²) in [5, 5.41) is 23.3. The topological polar surface area (TPSA) is 114 Å². The third-order valence-electron chi connectivity index (χ3n) is 3.79. The first-order chi connectivity index (χ1) is 12.9. The molecule has 0 bridgehead atoms. The minimum Gasteiger partial charge on any atom is -0.493 e. The number of nitrogens with one attached hydrogen (secondary N) is 1. The van der Waals surface area contributed by atoms with Crippen molar-refractivity contribution in [2.75, 3.05) is 19.5 Å². The Morgan fingerprint density at radius 2 is 1.85 bits per heavy atom. The first-order valence-electron chi connectivity index (χ1n) is 7.80. The van der Waals surface area contributed by atoms with Crippen molar-refractivity contribution in [1.82, 2.24) is 0 Å². The molecule has 0 aliphatic heterocycles. The molecule has 0 aliphatic carbocycles. The number of hydrogen-bond acceptors (Lipinski definition) is 6. The van der Waals surface area contributed by atoms with E-state index in [1.54, 1.807) is 18.2 Å². The molecule has 0 saturated carbocycles. The molecule has 0 fully saturated rings. The lowest BCUT2D eigenvalue weighted by Crippen LogP contribution is -2.14. The number of methoxy groups -OCH3 is 2. The fraction of sp³-hybridized carbons (Fsp3) is 0.158. The van der Waals surface area contributed by atoms with Gasteiger partial charge in [-0.2, -0.15) is 5.26 Å².